The van der Waals surface area contributed by atoms with E-state index in [-0.39, 0.29) is 24.0 Å². The third-order valence-corrected chi connectivity index (χ3v) is 2.43. The molecule has 0 saturated heterocycles. The number of aliphatic imine (C=N–C) groups is 1. The molecule has 1 heterocycles. The summed E-state index contributed by atoms with van der Waals surface area (Å²) < 4.78 is 10.3. The van der Waals surface area contributed by atoms with Gasteiger partial charge in [-0.15, -0.1) is 24.0 Å². The summed E-state index contributed by atoms with van der Waals surface area (Å²) in [5, 5.41) is 6.37. The second-order valence-electron chi connectivity index (χ2n) is 3.76. The predicted octanol–water partition coefficient (Wildman–Crippen LogP) is 1.41. The monoisotopic (exact) mass is 394 g/mol. The fourth-order valence-electron chi connectivity index (χ4n) is 1.43. The Morgan fingerprint density at radius 1 is 1.35 bits per heavy atom. The minimum absolute atomic E-state index is 0. The first-order valence-electron chi connectivity index (χ1n) is 6.31. The van der Waals surface area contributed by atoms with Gasteiger partial charge in [-0.25, -0.2) is 4.98 Å². The molecule has 2 N–H and O–H groups in total. The molecule has 0 bridgehead atoms. The van der Waals surface area contributed by atoms with Crippen LogP contribution in [0.15, 0.2) is 23.3 Å². The van der Waals surface area contributed by atoms with Crippen molar-refractivity contribution in [2.24, 2.45) is 4.99 Å². The highest BCUT2D eigenvalue weighted by molar-refractivity contribution is 14.0. The lowest BCUT2D eigenvalue weighted by Gasteiger charge is -2.11. The van der Waals surface area contributed by atoms with E-state index in [2.05, 4.69) is 20.6 Å². The zero-order valence-electron chi connectivity index (χ0n) is 12.2. The third kappa shape index (κ3) is 7.49. The van der Waals surface area contributed by atoms with Crippen molar-refractivity contribution in [2.45, 2.75) is 13.5 Å². The Labute approximate surface area is 137 Å². The number of rotatable bonds is 7. The first-order valence-corrected chi connectivity index (χ1v) is 6.31. The maximum Gasteiger partial charge on any atom is 0.212 e. The van der Waals surface area contributed by atoms with Gasteiger partial charge in [-0.3, -0.25) is 4.99 Å². The van der Waals surface area contributed by atoms with Crippen molar-refractivity contribution in [3.05, 3.63) is 23.9 Å². The Balaban J connectivity index is 0.00000361. The summed E-state index contributed by atoms with van der Waals surface area (Å²) in [6, 6.07) is 3.80. The molecule has 0 aliphatic heterocycles. The molecule has 114 valence electrons. The standard InChI is InChI=1S/C13H22N4O2.HI/c1-4-19-8-7-15-13(14-2)17-10-11-5-6-12(18-3)16-9-11;/h5-6,9H,4,7-8,10H2,1-3H3,(H2,14,15,17);1H. The van der Waals surface area contributed by atoms with Gasteiger partial charge in [0.25, 0.3) is 0 Å². The molecule has 0 aliphatic carbocycles. The summed E-state index contributed by atoms with van der Waals surface area (Å²) in [6.07, 6.45) is 1.78. The first kappa shape index (κ1) is 18.9. The summed E-state index contributed by atoms with van der Waals surface area (Å²) in [4.78, 5) is 8.27. The van der Waals surface area contributed by atoms with Crippen LogP contribution in [0.4, 0.5) is 0 Å². The zero-order valence-corrected chi connectivity index (χ0v) is 14.5. The topological polar surface area (TPSA) is 67.8 Å². The number of hydrogen-bond donors (Lipinski definition) is 2. The number of nitrogens with one attached hydrogen (secondary N) is 2. The van der Waals surface area contributed by atoms with Gasteiger partial charge in [0.2, 0.25) is 5.88 Å². The normalized spacial score (nSPS) is 10.7. The Kier molecular flexibility index (Phi) is 11.1. The van der Waals surface area contributed by atoms with Crippen LogP contribution in [0.25, 0.3) is 0 Å². The molecular weight excluding hydrogens is 371 g/mol. The maximum atomic E-state index is 5.25. The molecular formula is C13H23IN4O2. The van der Waals surface area contributed by atoms with Crippen molar-refractivity contribution < 1.29 is 9.47 Å². The zero-order chi connectivity index (χ0) is 13.9. The fraction of sp³-hybridized carbons (Fsp3) is 0.538. The summed E-state index contributed by atoms with van der Waals surface area (Å²) in [7, 11) is 3.34. The van der Waals surface area contributed by atoms with Crippen molar-refractivity contribution in [1.82, 2.24) is 15.6 Å². The summed E-state index contributed by atoms with van der Waals surface area (Å²) >= 11 is 0. The molecule has 0 spiro atoms. The van der Waals surface area contributed by atoms with Gasteiger partial charge in [0.15, 0.2) is 5.96 Å². The number of hydrogen-bond acceptors (Lipinski definition) is 4. The van der Waals surface area contributed by atoms with E-state index < -0.39 is 0 Å². The van der Waals surface area contributed by atoms with Crippen LogP contribution in [0.2, 0.25) is 0 Å². The van der Waals surface area contributed by atoms with Crippen molar-refractivity contribution in [2.75, 3.05) is 33.9 Å². The van der Waals surface area contributed by atoms with Gasteiger partial charge < -0.3 is 20.1 Å². The SMILES string of the molecule is CCOCCNC(=NC)NCc1ccc(OC)nc1.I. The number of pyridine rings is 1. The molecule has 0 fully saturated rings. The Bertz CT molecular complexity index is 384. The van der Waals surface area contributed by atoms with Crippen LogP contribution in [0.3, 0.4) is 0 Å². The maximum absolute atomic E-state index is 5.25. The van der Waals surface area contributed by atoms with Gasteiger partial charge in [0.05, 0.1) is 13.7 Å². The molecule has 1 aromatic heterocycles. The largest absolute Gasteiger partial charge is 0.481 e. The molecule has 0 atom stereocenters. The number of halogens is 1. The Morgan fingerprint density at radius 2 is 2.15 bits per heavy atom. The molecule has 0 aliphatic rings. The molecule has 0 amide bonds. The predicted molar refractivity (Wildman–Crippen MR) is 90.9 cm³/mol. The van der Waals surface area contributed by atoms with Crippen LogP contribution < -0.4 is 15.4 Å². The van der Waals surface area contributed by atoms with E-state index in [0.29, 0.717) is 19.0 Å². The minimum Gasteiger partial charge on any atom is -0.481 e. The summed E-state index contributed by atoms with van der Waals surface area (Å²) in [5.41, 5.74) is 1.06. The highest BCUT2D eigenvalue weighted by atomic mass is 127. The highest BCUT2D eigenvalue weighted by Crippen LogP contribution is 2.05. The van der Waals surface area contributed by atoms with Crippen LogP contribution in [-0.2, 0) is 11.3 Å². The average Bonchev–Trinajstić information content (AvgIpc) is 2.47. The highest BCUT2D eigenvalue weighted by Gasteiger charge is 1.99. The summed E-state index contributed by atoms with van der Waals surface area (Å²) in [5.74, 6) is 1.36. The van der Waals surface area contributed by atoms with E-state index in [1.54, 1.807) is 20.4 Å². The van der Waals surface area contributed by atoms with E-state index in [1.165, 1.54) is 0 Å². The minimum atomic E-state index is 0. The smallest absolute Gasteiger partial charge is 0.212 e. The van der Waals surface area contributed by atoms with Gasteiger partial charge in [-0.05, 0) is 12.5 Å². The molecule has 20 heavy (non-hydrogen) atoms. The van der Waals surface area contributed by atoms with Gasteiger partial charge in [0, 0.05) is 39.0 Å². The second kappa shape index (κ2) is 11.7. The third-order valence-electron chi connectivity index (χ3n) is 2.43. The number of methoxy groups -OCH3 is 1. The molecule has 1 aromatic rings. The van der Waals surface area contributed by atoms with E-state index in [4.69, 9.17) is 9.47 Å². The molecule has 1 rings (SSSR count). The van der Waals surface area contributed by atoms with Gasteiger partial charge >= 0.3 is 0 Å². The number of ether oxygens (including phenoxy) is 2. The number of guanidine groups is 1. The van der Waals surface area contributed by atoms with Crippen LogP contribution in [-0.4, -0.2) is 44.9 Å². The lowest BCUT2D eigenvalue weighted by atomic mass is 10.3. The quantitative estimate of drug-likeness (QED) is 0.317. The molecule has 0 saturated carbocycles. The van der Waals surface area contributed by atoms with Gasteiger partial charge in [-0.2, -0.15) is 0 Å². The first-order chi connectivity index (χ1) is 9.30. The van der Waals surface area contributed by atoms with Crippen molar-refractivity contribution in [3.63, 3.8) is 0 Å². The Morgan fingerprint density at radius 3 is 2.70 bits per heavy atom. The Hall–Kier alpha value is -1.09. The van der Waals surface area contributed by atoms with Crippen LogP contribution in [0, 0.1) is 0 Å². The van der Waals surface area contributed by atoms with Crippen LogP contribution in [0.5, 0.6) is 5.88 Å². The summed E-state index contributed by atoms with van der Waals surface area (Å²) in [6.45, 7) is 4.76. The molecule has 6 nitrogen and oxygen atoms in total. The van der Waals surface area contributed by atoms with Gasteiger partial charge in [-0.1, -0.05) is 6.07 Å². The van der Waals surface area contributed by atoms with E-state index in [0.717, 1.165) is 24.7 Å². The average molecular weight is 394 g/mol. The lowest BCUT2D eigenvalue weighted by Crippen LogP contribution is -2.38. The molecule has 0 radical (unpaired) electrons. The fourth-order valence-corrected chi connectivity index (χ4v) is 1.43. The molecule has 0 unspecified atom stereocenters. The molecule has 0 aromatic carbocycles. The second-order valence-corrected chi connectivity index (χ2v) is 3.76. The van der Waals surface area contributed by atoms with E-state index in [1.807, 2.05) is 19.1 Å². The van der Waals surface area contributed by atoms with E-state index in [9.17, 15) is 0 Å². The van der Waals surface area contributed by atoms with Crippen LogP contribution >= 0.6 is 24.0 Å². The van der Waals surface area contributed by atoms with Crippen molar-refractivity contribution in [1.29, 1.82) is 0 Å². The van der Waals surface area contributed by atoms with Crippen LogP contribution in [0.1, 0.15) is 12.5 Å². The number of nitrogens with zero attached hydrogens (tertiary/aromatic N) is 2. The number of aromatic nitrogens is 1. The van der Waals surface area contributed by atoms with E-state index >= 15 is 0 Å². The lowest BCUT2D eigenvalue weighted by molar-refractivity contribution is 0.152. The van der Waals surface area contributed by atoms with Gasteiger partial charge in [0.1, 0.15) is 0 Å². The van der Waals surface area contributed by atoms with Crippen molar-refractivity contribution >= 4 is 29.9 Å². The molecule has 7 heteroatoms. The van der Waals surface area contributed by atoms with Crippen molar-refractivity contribution in [3.8, 4) is 5.88 Å².